The first-order valence-electron chi connectivity index (χ1n) is 11.1. The van der Waals surface area contributed by atoms with Gasteiger partial charge in [-0.1, -0.05) is 30.3 Å². The van der Waals surface area contributed by atoms with Crippen LogP contribution in [-0.4, -0.2) is 23.6 Å². The van der Waals surface area contributed by atoms with E-state index in [4.69, 9.17) is 9.47 Å². The minimum Gasteiger partial charge on any atom is -0.457 e. The van der Waals surface area contributed by atoms with Crippen molar-refractivity contribution < 1.29 is 28.7 Å². The molecule has 0 unspecified atom stereocenters. The molecule has 0 saturated carbocycles. The number of benzene rings is 3. The Morgan fingerprint density at radius 3 is 1.22 bits per heavy atom. The van der Waals surface area contributed by atoms with E-state index in [1.807, 2.05) is 0 Å². The second-order valence-corrected chi connectivity index (χ2v) is 8.29. The van der Waals surface area contributed by atoms with Crippen LogP contribution in [0.15, 0.2) is 83.9 Å². The lowest BCUT2D eigenvalue weighted by Gasteiger charge is -2.10. The lowest BCUT2D eigenvalue weighted by atomic mass is 10.0. The zero-order chi connectivity index (χ0) is 25.4. The van der Waals surface area contributed by atoms with Crippen LogP contribution in [0, 0.1) is 0 Å². The summed E-state index contributed by atoms with van der Waals surface area (Å²) in [6.07, 6.45) is 0. The molecule has 8 nitrogen and oxygen atoms in total. The van der Waals surface area contributed by atoms with Crippen molar-refractivity contribution in [2.45, 2.75) is 13.8 Å². The fourth-order valence-electron chi connectivity index (χ4n) is 4.03. The number of amides is 4. The number of carbonyl (C=O) groups is 4. The Kier molecular flexibility index (Phi) is 5.69. The number of carbonyl (C=O) groups excluding carboxylic acids is 4. The van der Waals surface area contributed by atoms with Gasteiger partial charge in [0.05, 0.1) is 11.1 Å². The summed E-state index contributed by atoms with van der Waals surface area (Å²) in [7, 11) is 0. The van der Waals surface area contributed by atoms with Crippen LogP contribution in [0.25, 0.3) is 11.1 Å². The van der Waals surface area contributed by atoms with Crippen molar-refractivity contribution in [2.75, 3.05) is 0 Å². The van der Waals surface area contributed by atoms with Crippen molar-refractivity contribution in [2.24, 2.45) is 0 Å². The van der Waals surface area contributed by atoms with Gasteiger partial charge in [-0.05, 0) is 61.4 Å². The molecule has 0 saturated heterocycles. The number of imide groups is 2. The predicted octanol–water partition coefficient (Wildman–Crippen LogP) is 4.13. The molecule has 0 fully saturated rings. The van der Waals surface area contributed by atoms with E-state index in [2.05, 4.69) is 10.6 Å². The highest BCUT2D eigenvalue weighted by atomic mass is 16.5. The van der Waals surface area contributed by atoms with Gasteiger partial charge in [0.25, 0.3) is 23.6 Å². The summed E-state index contributed by atoms with van der Waals surface area (Å²) >= 11 is 0. The topological polar surface area (TPSA) is 111 Å². The maximum atomic E-state index is 12.0. The van der Waals surface area contributed by atoms with Gasteiger partial charge in [-0.3, -0.25) is 29.8 Å². The SMILES string of the molecule is CC1=C(c2ccc(Oc3cccc(Oc4ccc(C5=C(C)C(=O)NC5=O)cc4)c3)cc2)C(=O)NC1=O. The number of hydrogen-bond acceptors (Lipinski definition) is 6. The Labute approximate surface area is 206 Å². The molecule has 36 heavy (non-hydrogen) atoms. The molecular formula is C28H20N2O6. The average molecular weight is 480 g/mol. The fourth-order valence-corrected chi connectivity index (χ4v) is 4.03. The van der Waals surface area contributed by atoms with Gasteiger partial charge in [-0.2, -0.15) is 0 Å². The summed E-state index contributed by atoms with van der Waals surface area (Å²) in [6.45, 7) is 3.23. The number of rotatable bonds is 6. The summed E-state index contributed by atoms with van der Waals surface area (Å²) in [5, 5.41) is 4.58. The Bertz CT molecular complexity index is 1390. The summed E-state index contributed by atoms with van der Waals surface area (Å²) in [5.74, 6) is 0.617. The molecule has 0 bridgehead atoms. The Morgan fingerprint density at radius 1 is 0.500 bits per heavy atom. The van der Waals surface area contributed by atoms with E-state index < -0.39 is 11.8 Å². The molecule has 178 valence electrons. The van der Waals surface area contributed by atoms with Gasteiger partial charge in [0, 0.05) is 17.2 Å². The first-order valence-corrected chi connectivity index (χ1v) is 11.1. The van der Waals surface area contributed by atoms with E-state index >= 15 is 0 Å². The number of hydrogen-bond donors (Lipinski definition) is 2. The second-order valence-electron chi connectivity index (χ2n) is 8.29. The third kappa shape index (κ3) is 4.27. The molecule has 2 aliphatic rings. The third-order valence-electron chi connectivity index (χ3n) is 5.90. The van der Waals surface area contributed by atoms with Crippen LogP contribution in [0.5, 0.6) is 23.0 Å². The van der Waals surface area contributed by atoms with E-state index in [0.717, 1.165) is 0 Å². The molecule has 0 aliphatic carbocycles. The van der Waals surface area contributed by atoms with Gasteiger partial charge >= 0.3 is 0 Å². The van der Waals surface area contributed by atoms with E-state index in [-0.39, 0.29) is 11.8 Å². The summed E-state index contributed by atoms with van der Waals surface area (Å²) in [6, 6.07) is 20.9. The summed E-state index contributed by atoms with van der Waals surface area (Å²) in [4.78, 5) is 47.4. The fraction of sp³-hybridized carbons (Fsp3) is 0.0714. The molecule has 2 aliphatic heterocycles. The highest BCUT2D eigenvalue weighted by Gasteiger charge is 2.28. The molecule has 8 heteroatoms. The van der Waals surface area contributed by atoms with Crippen LogP contribution in [0.1, 0.15) is 25.0 Å². The Morgan fingerprint density at radius 2 is 0.889 bits per heavy atom. The van der Waals surface area contributed by atoms with Gasteiger partial charge in [-0.15, -0.1) is 0 Å². The normalized spacial score (nSPS) is 15.4. The van der Waals surface area contributed by atoms with Crippen LogP contribution in [0.4, 0.5) is 0 Å². The second kappa shape index (κ2) is 8.99. The molecule has 0 atom stereocenters. The van der Waals surface area contributed by atoms with Gasteiger partial charge in [0.2, 0.25) is 0 Å². The van der Waals surface area contributed by atoms with Gasteiger partial charge in [0.1, 0.15) is 23.0 Å². The highest BCUT2D eigenvalue weighted by Crippen LogP contribution is 2.31. The zero-order valence-corrected chi connectivity index (χ0v) is 19.4. The van der Waals surface area contributed by atoms with Crippen LogP contribution < -0.4 is 20.1 Å². The van der Waals surface area contributed by atoms with Crippen LogP contribution in [0.2, 0.25) is 0 Å². The molecular weight excluding hydrogens is 460 g/mol. The Hall–Kier alpha value is -4.98. The lowest BCUT2D eigenvalue weighted by Crippen LogP contribution is -2.22. The first kappa shape index (κ1) is 22.8. The van der Waals surface area contributed by atoms with Gasteiger partial charge in [-0.25, -0.2) is 0 Å². The maximum Gasteiger partial charge on any atom is 0.259 e. The molecule has 0 radical (unpaired) electrons. The number of ether oxygens (including phenoxy) is 2. The monoisotopic (exact) mass is 480 g/mol. The van der Waals surface area contributed by atoms with Crippen molar-refractivity contribution in [1.82, 2.24) is 10.6 Å². The predicted molar refractivity (Wildman–Crippen MR) is 131 cm³/mol. The highest BCUT2D eigenvalue weighted by molar-refractivity contribution is 6.36. The molecule has 2 N–H and O–H groups in total. The lowest BCUT2D eigenvalue weighted by molar-refractivity contribution is -0.125. The minimum atomic E-state index is -0.407. The maximum absolute atomic E-state index is 12.0. The van der Waals surface area contributed by atoms with E-state index in [9.17, 15) is 19.2 Å². The van der Waals surface area contributed by atoms with E-state index in [1.165, 1.54) is 0 Å². The third-order valence-corrected chi connectivity index (χ3v) is 5.90. The molecule has 3 aromatic carbocycles. The molecule has 4 amide bonds. The van der Waals surface area contributed by atoms with Crippen molar-refractivity contribution in [3.8, 4) is 23.0 Å². The summed E-state index contributed by atoms with van der Waals surface area (Å²) in [5.41, 5.74) is 2.76. The van der Waals surface area contributed by atoms with E-state index in [1.54, 1.807) is 86.6 Å². The first-order chi connectivity index (χ1) is 17.3. The smallest absolute Gasteiger partial charge is 0.259 e. The minimum absolute atomic E-state index is 0.361. The van der Waals surface area contributed by atoms with Crippen LogP contribution >= 0.6 is 0 Å². The van der Waals surface area contributed by atoms with Crippen molar-refractivity contribution in [3.05, 3.63) is 95.1 Å². The standard InChI is InChI=1S/C28H20N2O6/c1-15-23(27(33)29-25(15)31)17-6-10-19(11-7-17)35-21-4-3-5-22(14-21)36-20-12-8-18(9-13-20)24-16(2)26(32)30-28(24)34/h3-14H,1-2H3,(H,29,31,33)(H,30,32,34). The van der Waals surface area contributed by atoms with Crippen molar-refractivity contribution in [1.29, 1.82) is 0 Å². The van der Waals surface area contributed by atoms with Gasteiger partial charge in [0.15, 0.2) is 0 Å². The molecule has 2 heterocycles. The largest absolute Gasteiger partial charge is 0.457 e. The summed E-state index contributed by atoms with van der Waals surface area (Å²) < 4.78 is 11.8. The quantitative estimate of drug-likeness (QED) is 0.514. The van der Waals surface area contributed by atoms with Gasteiger partial charge < -0.3 is 9.47 Å². The van der Waals surface area contributed by atoms with Crippen LogP contribution in [0.3, 0.4) is 0 Å². The average Bonchev–Trinajstić information content (AvgIpc) is 3.27. The van der Waals surface area contributed by atoms with Crippen molar-refractivity contribution in [3.63, 3.8) is 0 Å². The van der Waals surface area contributed by atoms with Crippen LogP contribution in [-0.2, 0) is 19.2 Å². The number of nitrogens with one attached hydrogen (secondary N) is 2. The van der Waals surface area contributed by atoms with E-state index in [0.29, 0.717) is 56.4 Å². The molecule has 3 aromatic rings. The zero-order valence-electron chi connectivity index (χ0n) is 19.4. The Balaban J connectivity index is 1.28. The molecule has 5 rings (SSSR count). The molecule has 0 aromatic heterocycles. The molecule has 0 spiro atoms. The van der Waals surface area contributed by atoms with Crippen molar-refractivity contribution >= 4 is 34.8 Å².